The molecular formula is C17H22N4O4S2. The number of nitrogens with zero attached hydrogens (tertiary/aromatic N) is 3. The largest absolute Gasteiger partial charge is 0.338 e. The molecule has 0 bridgehead atoms. The predicted octanol–water partition coefficient (Wildman–Crippen LogP) is 0.786. The smallest absolute Gasteiger partial charge is 0.243 e. The summed E-state index contributed by atoms with van der Waals surface area (Å²) in [6, 6.07) is 3.64. The summed E-state index contributed by atoms with van der Waals surface area (Å²) in [6.45, 7) is 5.49. The molecular weight excluding hydrogens is 388 g/mol. The third-order valence-electron chi connectivity index (χ3n) is 4.98. The molecule has 0 radical (unpaired) electrons. The van der Waals surface area contributed by atoms with Crippen LogP contribution in [0.1, 0.15) is 27.2 Å². The molecule has 1 saturated heterocycles. The lowest BCUT2D eigenvalue weighted by molar-refractivity contribution is -0.130. The van der Waals surface area contributed by atoms with Crippen LogP contribution in [0, 0.1) is 34.0 Å². The van der Waals surface area contributed by atoms with E-state index in [4.69, 9.17) is 0 Å². The fourth-order valence-corrected chi connectivity index (χ4v) is 6.20. The first-order valence-electron chi connectivity index (χ1n) is 8.55. The van der Waals surface area contributed by atoms with Gasteiger partial charge in [-0.05, 0) is 13.3 Å². The Morgan fingerprint density at radius 3 is 2.56 bits per heavy atom. The SMILES string of the molecule is CCN(C(=O)CSC1=C(C#N)C(C)(C)[C@H](C#N)C(=O)N1)[C@H]1CCS(=O)(=O)C1. The Morgan fingerprint density at radius 1 is 1.41 bits per heavy atom. The Hall–Kier alpha value is -2.04. The first-order valence-corrected chi connectivity index (χ1v) is 11.4. The van der Waals surface area contributed by atoms with Crippen molar-refractivity contribution in [2.24, 2.45) is 11.3 Å². The van der Waals surface area contributed by atoms with E-state index in [0.717, 1.165) is 11.8 Å². The van der Waals surface area contributed by atoms with Crippen LogP contribution in [-0.4, -0.2) is 55.0 Å². The van der Waals surface area contributed by atoms with Gasteiger partial charge in [-0.3, -0.25) is 9.59 Å². The molecule has 2 aliphatic rings. The molecule has 0 aromatic heterocycles. The first kappa shape index (κ1) is 21.3. The van der Waals surface area contributed by atoms with Gasteiger partial charge in [0.05, 0.1) is 40.0 Å². The van der Waals surface area contributed by atoms with E-state index in [1.54, 1.807) is 20.8 Å². The van der Waals surface area contributed by atoms with E-state index in [1.807, 2.05) is 6.07 Å². The van der Waals surface area contributed by atoms with Crippen molar-refractivity contribution < 1.29 is 18.0 Å². The van der Waals surface area contributed by atoms with Gasteiger partial charge in [0.15, 0.2) is 9.84 Å². The van der Waals surface area contributed by atoms with Gasteiger partial charge in [-0.1, -0.05) is 25.6 Å². The van der Waals surface area contributed by atoms with Crippen LogP contribution >= 0.6 is 11.8 Å². The number of nitrogens with one attached hydrogen (secondary N) is 1. The number of nitriles is 2. The van der Waals surface area contributed by atoms with Crippen LogP contribution in [0.25, 0.3) is 0 Å². The van der Waals surface area contributed by atoms with Gasteiger partial charge in [0, 0.05) is 18.0 Å². The molecule has 0 saturated carbocycles. The summed E-state index contributed by atoms with van der Waals surface area (Å²) in [7, 11) is -3.10. The van der Waals surface area contributed by atoms with E-state index in [0.29, 0.717) is 13.0 Å². The number of rotatable bonds is 5. The van der Waals surface area contributed by atoms with Crippen molar-refractivity contribution in [2.75, 3.05) is 23.8 Å². The van der Waals surface area contributed by atoms with E-state index in [1.165, 1.54) is 4.90 Å². The van der Waals surface area contributed by atoms with Gasteiger partial charge in [-0.2, -0.15) is 10.5 Å². The van der Waals surface area contributed by atoms with Crippen LogP contribution in [0.4, 0.5) is 0 Å². The molecule has 8 nitrogen and oxygen atoms in total. The van der Waals surface area contributed by atoms with Crippen LogP contribution < -0.4 is 5.32 Å². The fraction of sp³-hybridized carbons (Fsp3) is 0.647. The van der Waals surface area contributed by atoms with Gasteiger partial charge in [0.2, 0.25) is 11.8 Å². The van der Waals surface area contributed by atoms with E-state index < -0.39 is 27.1 Å². The lowest BCUT2D eigenvalue weighted by Crippen LogP contribution is -2.45. The van der Waals surface area contributed by atoms with E-state index >= 15 is 0 Å². The van der Waals surface area contributed by atoms with E-state index in [-0.39, 0.29) is 39.8 Å². The molecule has 0 spiro atoms. The summed E-state index contributed by atoms with van der Waals surface area (Å²) in [5, 5.41) is 21.6. The number of amides is 2. The molecule has 0 aromatic carbocycles. The van der Waals surface area contributed by atoms with Crippen molar-refractivity contribution in [3.63, 3.8) is 0 Å². The number of carbonyl (C=O) groups is 2. The highest BCUT2D eigenvalue weighted by atomic mass is 32.2. The van der Waals surface area contributed by atoms with E-state index in [2.05, 4.69) is 11.4 Å². The highest BCUT2D eigenvalue weighted by molar-refractivity contribution is 8.03. The van der Waals surface area contributed by atoms with Gasteiger partial charge in [-0.25, -0.2) is 8.42 Å². The maximum absolute atomic E-state index is 12.6. The average Bonchev–Trinajstić information content (AvgIpc) is 2.92. The van der Waals surface area contributed by atoms with Crippen molar-refractivity contribution in [1.82, 2.24) is 10.2 Å². The van der Waals surface area contributed by atoms with Gasteiger partial charge < -0.3 is 10.2 Å². The number of sulfone groups is 1. The van der Waals surface area contributed by atoms with E-state index in [9.17, 15) is 28.5 Å². The third-order valence-corrected chi connectivity index (χ3v) is 7.72. The summed E-state index contributed by atoms with van der Waals surface area (Å²) in [4.78, 5) is 26.3. The molecule has 2 heterocycles. The second-order valence-electron chi connectivity index (χ2n) is 7.11. The van der Waals surface area contributed by atoms with Gasteiger partial charge in [-0.15, -0.1) is 0 Å². The maximum atomic E-state index is 12.6. The molecule has 1 fully saturated rings. The first-order chi connectivity index (χ1) is 12.6. The van der Waals surface area contributed by atoms with Crippen molar-refractivity contribution in [3.8, 4) is 12.1 Å². The zero-order chi connectivity index (χ0) is 20.4. The second kappa shape index (κ2) is 7.91. The monoisotopic (exact) mass is 410 g/mol. The minimum atomic E-state index is -3.10. The molecule has 2 aliphatic heterocycles. The number of hydrogen-bond acceptors (Lipinski definition) is 7. The third kappa shape index (κ3) is 4.28. The zero-order valence-electron chi connectivity index (χ0n) is 15.5. The van der Waals surface area contributed by atoms with Crippen molar-refractivity contribution in [2.45, 2.75) is 33.2 Å². The normalized spacial score (nSPS) is 26.0. The minimum absolute atomic E-state index is 0.0293. The highest BCUT2D eigenvalue weighted by Crippen LogP contribution is 2.41. The lowest BCUT2D eigenvalue weighted by atomic mass is 9.72. The summed E-state index contributed by atoms with van der Waals surface area (Å²) in [5.74, 6) is -1.70. The van der Waals surface area contributed by atoms with Crippen LogP contribution in [-0.2, 0) is 19.4 Å². The standard InChI is InChI=1S/C17H22N4O4S2/c1-4-21(11-5-6-27(24,25)10-11)14(22)9-26-16-13(8-19)17(2,3)12(7-18)15(23)20-16/h11-12H,4-6,9-10H2,1-3H3,(H,20,23)/t11-,12+/m0/s1. The van der Waals surface area contributed by atoms with Gasteiger partial charge in [0.1, 0.15) is 5.92 Å². The minimum Gasteiger partial charge on any atom is -0.338 e. The topological polar surface area (TPSA) is 131 Å². The van der Waals surface area contributed by atoms with Crippen molar-refractivity contribution >= 4 is 33.4 Å². The lowest BCUT2D eigenvalue weighted by Gasteiger charge is -2.34. The van der Waals surface area contributed by atoms with Gasteiger partial charge in [0.25, 0.3) is 0 Å². The Bertz CT molecular complexity index is 864. The fourth-order valence-electron chi connectivity index (χ4n) is 3.41. The second-order valence-corrected chi connectivity index (χ2v) is 10.3. The van der Waals surface area contributed by atoms with Crippen LogP contribution in [0.15, 0.2) is 10.6 Å². The molecule has 2 rings (SSSR count). The zero-order valence-corrected chi connectivity index (χ0v) is 17.1. The number of thioether (sulfide) groups is 1. The summed E-state index contributed by atoms with van der Waals surface area (Å²) in [5.41, 5.74) is -0.695. The molecule has 27 heavy (non-hydrogen) atoms. The summed E-state index contributed by atoms with van der Waals surface area (Å²) >= 11 is 1.03. The Kier molecular flexibility index (Phi) is 6.23. The Labute approximate surface area is 163 Å². The molecule has 2 amide bonds. The van der Waals surface area contributed by atoms with Crippen molar-refractivity contribution in [3.05, 3.63) is 10.6 Å². The summed E-state index contributed by atoms with van der Waals surface area (Å²) in [6.07, 6.45) is 0.423. The Morgan fingerprint density at radius 2 is 2.07 bits per heavy atom. The quantitative estimate of drug-likeness (QED) is 0.708. The van der Waals surface area contributed by atoms with Crippen LogP contribution in [0.3, 0.4) is 0 Å². The van der Waals surface area contributed by atoms with Crippen molar-refractivity contribution in [1.29, 1.82) is 10.5 Å². The Balaban J connectivity index is 2.15. The molecule has 0 unspecified atom stereocenters. The number of allylic oxidation sites excluding steroid dienone is 1. The molecule has 1 N–H and O–H groups in total. The summed E-state index contributed by atoms with van der Waals surface area (Å²) < 4.78 is 23.4. The molecule has 0 aliphatic carbocycles. The highest BCUT2D eigenvalue weighted by Gasteiger charge is 2.45. The number of carbonyl (C=O) groups excluding carboxylic acids is 2. The maximum Gasteiger partial charge on any atom is 0.243 e. The molecule has 2 atom stereocenters. The van der Waals surface area contributed by atoms with Crippen LogP contribution in [0.2, 0.25) is 0 Å². The van der Waals surface area contributed by atoms with Gasteiger partial charge >= 0.3 is 0 Å². The van der Waals surface area contributed by atoms with Crippen LogP contribution in [0.5, 0.6) is 0 Å². The molecule has 10 heteroatoms. The molecule has 0 aromatic rings. The average molecular weight is 411 g/mol. The predicted molar refractivity (Wildman–Crippen MR) is 101 cm³/mol. The molecule has 146 valence electrons. The number of hydrogen-bond donors (Lipinski definition) is 1.